The van der Waals surface area contributed by atoms with Gasteiger partial charge in [0.1, 0.15) is 18.2 Å². The van der Waals surface area contributed by atoms with E-state index in [4.69, 9.17) is 11.6 Å². The van der Waals surface area contributed by atoms with Crippen LogP contribution in [0, 0.1) is 22.7 Å². The first kappa shape index (κ1) is 24.7. The fourth-order valence-corrected chi connectivity index (χ4v) is 5.91. The molecule has 0 radical (unpaired) electrons. The standard InChI is InChI=1S/C30H27ClN8S/c1-2-25(19-6-4-3-5-7-19)36-28-20(14-33)15-34-29-23(28)11-21(12-24(29)31)35-30(27-10-18(13-32)17-40-27)26-16-39(38-37-26)22-8-9-22/h3-7,10-12,15-17,22,25,30,35,37-38H,2,8-9H2,1H3,(H,34,36)/t25-,30?/m1/s1/i30D. The Balaban J connectivity index is 1.44. The van der Waals surface area contributed by atoms with Gasteiger partial charge in [-0.1, -0.05) is 48.9 Å². The Morgan fingerprint density at radius 1 is 1.20 bits per heavy atom. The largest absolute Gasteiger partial charge is 0.377 e. The normalized spacial score (nSPS) is 17.1. The summed E-state index contributed by atoms with van der Waals surface area (Å²) < 4.78 is 9.67. The van der Waals surface area contributed by atoms with Gasteiger partial charge < -0.3 is 16.1 Å². The number of hydrogen-bond acceptors (Lipinski definition) is 9. The lowest BCUT2D eigenvalue weighted by Crippen LogP contribution is -2.38. The van der Waals surface area contributed by atoms with Crippen molar-refractivity contribution < 1.29 is 1.37 Å². The highest BCUT2D eigenvalue weighted by molar-refractivity contribution is 7.10. The second-order valence-corrected chi connectivity index (χ2v) is 11.1. The van der Waals surface area contributed by atoms with Crippen molar-refractivity contribution in [1.29, 1.82) is 10.5 Å². The number of halogens is 1. The molecule has 10 heteroatoms. The number of rotatable bonds is 9. The first-order valence-corrected chi connectivity index (χ1v) is 14.3. The van der Waals surface area contributed by atoms with Gasteiger partial charge in [-0.2, -0.15) is 10.5 Å². The van der Waals surface area contributed by atoms with E-state index < -0.39 is 6.02 Å². The number of benzene rings is 2. The van der Waals surface area contributed by atoms with E-state index in [1.807, 2.05) is 35.5 Å². The van der Waals surface area contributed by atoms with Crippen LogP contribution in [0.4, 0.5) is 11.4 Å². The Labute approximate surface area is 243 Å². The SMILES string of the molecule is [2H]C(Nc1cc(Cl)c2ncc(C#N)c(N[C@H](CC)c3ccccc3)c2c1)(C1=CN(C2CC2)NN1)c1cc(C#N)cs1. The van der Waals surface area contributed by atoms with Crippen LogP contribution < -0.4 is 21.6 Å². The van der Waals surface area contributed by atoms with Crippen LogP contribution in [0.2, 0.25) is 5.02 Å². The highest BCUT2D eigenvalue weighted by atomic mass is 35.5. The lowest BCUT2D eigenvalue weighted by atomic mass is 10.0. The average molecular weight is 568 g/mol. The van der Waals surface area contributed by atoms with Gasteiger partial charge in [0.25, 0.3) is 0 Å². The summed E-state index contributed by atoms with van der Waals surface area (Å²) in [5.74, 6) is 0. The molecule has 3 heterocycles. The molecule has 0 amide bonds. The second kappa shape index (κ2) is 11.1. The van der Waals surface area contributed by atoms with Crippen LogP contribution in [0.15, 0.2) is 72.0 Å². The Kier molecular flexibility index (Phi) is 6.85. The van der Waals surface area contributed by atoms with Gasteiger partial charge in [-0.15, -0.1) is 16.9 Å². The maximum atomic E-state index is 9.99. The van der Waals surface area contributed by atoms with Crippen molar-refractivity contribution in [2.75, 3.05) is 10.6 Å². The predicted molar refractivity (Wildman–Crippen MR) is 159 cm³/mol. The molecule has 8 nitrogen and oxygen atoms in total. The van der Waals surface area contributed by atoms with Crippen molar-refractivity contribution in [2.45, 2.75) is 44.3 Å². The fourth-order valence-electron chi connectivity index (χ4n) is 4.79. The lowest BCUT2D eigenvalue weighted by molar-refractivity contribution is 0.260. The Morgan fingerprint density at radius 2 is 2.02 bits per heavy atom. The molecule has 2 aliphatic rings. The number of aromatic nitrogens is 1. The van der Waals surface area contributed by atoms with Crippen LogP contribution in [0.3, 0.4) is 0 Å². The van der Waals surface area contributed by atoms with E-state index in [-0.39, 0.29) is 6.04 Å². The van der Waals surface area contributed by atoms with Gasteiger partial charge in [0.2, 0.25) is 0 Å². The van der Waals surface area contributed by atoms with E-state index in [2.05, 4.69) is 57.8 Å². The second-order valence-electron chi connectivity index (χ2n) is 9.76. The third-order valence-electron chi connectivity index (χ3n) is 7.02. The minimum atomic E-state index is -1.46. The van der Waals surface area contributed by atoms with Gasteiger partial charge >= 0.3 is 0 Å². The van der Waals surface area contributed by atoms with Crippen LogP contribution in [0.1, 0.15) is 61.2 Å². The van der Waals surface area contributed by atoms with Gasteiger partial charge in [0.05, 0.1) is 40.5 Å². The predicted octanol–water partition coefficient (Wildman–Crippen LogP) is 6.74. The van der Waals surface area contributed by atoms with Crippen LogP contribution in [0.25, 0.3) is 10.9 Å². The van der Waals surface area contributed by atoms with E-state index in [9.17, 15) is 11.9 Å². The molecular formula is C30H27ClN8S. The minimum absolute atomic E-state index is 0.0394. The summed E-state index contributed by atoms with van der Waals surface area (Å²) in [4.78, 5) is 5.14. The van der Waals surface area contributed by atoms with Crippen LogP contribution >= 0.6 is 22.9 Å². The number of anilines is 2. The number of nitrogens with one attached hydrogen (secondary N) is 4. The highest BCUT2D eigenvalue weighted by Crippen LogP contribution is 2.39. The highest BCUT2D eigenvalue weighted by Gasteiger charge is 2.32. The zero-order valence-electron chi connectivity index (χ0n) is 22.7. The van der Waals surface area contributed by atoms with Crippen LogP contribution in [-0.2, 0) is 0 Å². The number of pyridine rings is 1. The molecule has 4 aromatic rings. The van der Waals surface area contributed by atoms with E-state index in [1.165, 1.54) is 17.5 Å². The Hall–Kier alpha value is -4.28. The molecule has 1 unspecified atom stereocenters. The molecular weight excluding hydrogens is 540 g/mol. The fraction of sp³-hybridized carbons (Fsp3) is 0.233. The molecule has 4 N–H and O–H groups in total. The van der Waals surface area contributed by atoms with Crippen molar-refractivity contribution >= 4 is 45.2 Å². The van der Waals surface area contributed by atoms with Crippen molar-refractivity contribution in [2.24, 2.45) is 0 Å². The van der Waals surface area contributed by atoms with Gasteiger partial charge in [-0.25, -0.2) is 0 Å². The Bertz CT molecular complexity index is 1720. The quantitative estimate of drug-likeness (QED) is 0.176. The summed E-state index contributed by atoms with van der Waals surface area (Å²) in [6.45, 7) is 2.09. The molecule has 1 aliphatic carbocycles. The van der Waals surface area contributed by atoms with Crippen LogP contribution in [-0.4, -0.2) is 16.0 Å². The number of nitrogens with zero attached hydrogens (tertiary/aromatic N) is 4. The first-order valence-electron chi connectivity index (χ1n) is 13.6. The smallest absolute Gasteiger partial charge is 0.104 e. The van der Waals surface area contributed by atoms with E-state index >= 15 is 0 Å². The number of hydrogen-bond donors (Lipinski definition) is 4. The molecule has 200 valence electrons. The average Bonchev–Trinajstić information content (AvgIpc) is 3.50. The molecule has 2 aromatic heterocycles. The summed E-state index contributed by atoms with van der Waals surface area (Å²) in [6.07, 6.45) is 6.40. The molecule has 1 saturated carbocycles. The van der Waals surface area contributed by atoms with Gasteiger partial charge in [-0.3, -0.25) is 9.99 Å². The van der Waals surface area contributed by atoms with Crippen LogP contribution in [0.5, 0.6) is 0 Å². The van der Waals surface area contributed by atoms with Crippen molar-refractivity contribution in [3.8, 4) is 12.1 Å². The van der Waals surface area contributed by atoms with E-state index in [0.717, 1.165) is 24.8 Å². The molecule has 0 bridgehead atoms. The Morgan fingerprint density at radius 3 is 2.73 bits per heavy atom. The van der Waals surface area contributed by atoms with Crippen molar-refractivity contribution in [1.82, 2.24) is 21.0 Å². The number of thiophene rings is 1. The summed E-state index contributed by atoms with van der Waals surface area (Å²) >= 11 is 8.12. The monoisotopic (exact) mass is 567 g/mol. The first-order chi connectivity index (χ1) is 19.9. The van der Waals surface area contributed by atoms with Gasteiger partial charge in [-0.05, 0) is 43.0 Å². The lowest BCUT2D eigenvalue weighted by Gasteiger charge is -2.23. The van der Waals surface area contributed by atoms with Crippen molar-refractivity contribution in [3.05, 3.63) is 98.6 Å². The summed E-state index contributed by atoms with van der Waals surface area (Å²) in [7, 11) is 0. The molecule has 0 spiro atoms. The summed E-state index contributed by atoms with van der Waals surface area (Å²) in [5.41, 5.74) is 10.7. The summed E-state index contributed by atoms with van der Waals surface area (Å²) in [5, 5.41) is 31.2. The van der Waals surface area contributed by atoms with Crippen molar-refractivity contribution in [3.63, 3.8) is 0 Å². The molecule has 6 rings (SSSR count). The topological polar surface area (TPSA) is 112 Å². The van der Waals surface area contributed by atoms with Gasteiger partial charge in [0, 0.05) is 39.8 Å². The molecule has 1 fully saturated rings. The zero-order chi connectivity index (χ0) is 28.6. The zero-order valence-corrected chi connectivity index (χ0v) is 23.3. The third kappa shape index (κ3) is 5.15. The summed E-state index contributed by atoms with van der Waals surface area (Å²) in [6, 6.07) is 18.7. The molecule has 0 saturated heterocycles. The maximum Gasteiger partial charge on any atom is 0.104 e. The number of fused-ring (bicyclic) bond motifs is 1. The number of hydrazine groups is 2. The van der Waals surface area contributed by atoms with Gasteiger partial charge in [0.15, 0.2) is 0 Å². The third-order valence-corrected chi connectivity index (χ3v) is 8.25. The molecule has 1 aliphatic heterocycles. The maximum absolute atomic E-state index is 9.99. The van der Waals surface area contributed by atoms with E-state index in [1.54, 1.807) is 17.5 Å². The molecule has 40 heavy (non-hydrogen) atoms. The minimum Gasteiger partial charge on any atom is -0.377 e. The molecule has 2 aromatic carbocycles. The number of nitriles is 2. The van der Waals surface area contributed by atoms with E-state index in [0.29, 0.717) is 55.0 Å². The molecule has 2 atom stereocenters.